The van der Waals surface area contributed by atoms with E-state index in [0.717, 1.165) is 18.8 Å². The van der Waals surface area contributed by atoms with E-state index in [-0.39, 0.29) is 24.8 Å². The fraction of sp³-hybridized carbons (Fsp3) is 0.444. The Bertz CT molecular complexity index is 591. The first-order valence-corrected chi connectivity index (χ1v) is 8.25. The molecule has 5 heteroatoms. The summed E-state index contributed by atoms with van der Waals surface area (Å²) in [4.78, 5) is 27.7. The number of nitrogens with zero attached hydrogens (tertiary/aromatic N) is 2. The van der Waals surface area contributed by atoms with E-state index in [1.165, 1.54) is 29.8 Å². The van der Waals surface area contributed by atoms with Gasteiger partial charge in [0.25, 0.3) is 5.91 Å². The first kappa shape index (κ1) is 15.6. The number of likely N-dealkylation sites (tertiary alicyclic amines) is 1. The monoisotopic (exact) mass is 313 g/mol. The van der Waals surface area contributed by atoms with Gasteiger partial charge in [-0.05, 0) is 43.5 Å². The lowest BCUT2D eigenvalue weighted by Gasteiger charge is -2.29. The summed E-state index contributed by atoms with van der Waals surface area (Å²) in [5.41, 5.74) is 2.09. The molecule has 23 heavy (non-hydrogen) atoms. The second kappa shape index (κ2) is 6.86. The summed E-state index contributed by atoms with van der Waals surface area (Å²) in [6.07, 6.45) is 5.59. The number of nitrogens with one attached hydrogen (secondary N) is 1. The van der Waals surface area contributed by atoms with Gasteiger partial charge < -0.3 is 10.2 Å². The molecule has 5 nitrogen and oxygen atoms in total. The number of hydrogen-bond donors (Lipinski definition) is 1. The summed E-state index contributed by atoms with van der Waals surface area (Å²) in [5, 5.41) is 3.17. The van der Waals surface area contributed by atoms with Crippen LogP contribution in [0.3, 0.4) is 0 Å². The van der Waals surface area contributed by atoms with Gasteiger partial charge in [-0.2, -0.15) is 0 Å². The zero-order valence-electron chi connectivity index (χ0n) is 13.3. The van der Waals surface area contributed by atoms with Crippen molar-refractivity contribution in [3.63, 3.8) is 0 Å². The lowest BCUT2D eigenvalue weighted by Crippen LogP contribution is -2.34. The average molecular weight is 313 g/mol. The number of hydrogen-bond acceptors (Lipinski definition) is 4. The Labute approximate surface area is 137 Å². The van der Waals surface area contributed by atoms with Gasteiger partial charge >= 0.3 is 0 Å². The topological polar surface area (TPSA) is 52.7 Å². The summed E-state index contributed by atoms with van der Waals surface area (Å²) in [5.74, 6) is -0.313. The van der Waals surface area contributed by atoms with E-state index in [4.69, 9.17) is 0 Å². The minimum Gasteiger partial charge on any atom is -0.373 e. The maximum absolute atomic E-state index is 12.2. The van der Waals surface area contributed by atoms with Gasteiger partial charge in [-0.25, -0.2) is 0 Å². The third kappa shape index (κ3) is 3.38. The molecule has 1 unspecified atom stereocenters. The van der Waals surface area contributed by atoms with Crippen LogP contribution in [0.2, 0.25) is 0 Å². The van der Waals surface area contributed by atoms with E-state index in [1.54, 1.807) is 6.08 Å². The Morgan fingerprint density at radius 3 is 2.48 bits per heavy atom. The molecule has 0 spiro atoms. The van der Waals surface area contributed by atoms with E-state index >= 15 is 0 Å². The predicted molar refractivity (Wildman–Crippen MR) is 91.5 cm³/mol. The number of piperidine rings is 1. The summed E-state index contributed by atoms with van der Waals surface area (Å²) >= 11 is 0. The van der Waals surface area contributed by atoms with Crippen LogP contribution in [0.15, 0.2) is 36.9 Å². The van der Waals surface area contributed by atoms with Gasteiger partial charge in [-0.1, -0.05) is 6.08 Å². The van der Waals surface area contributed by atoms with Crippen LogP contribution in [-0.2, 0) is 9.59 Å². The molecule has 2 aliphatic heterocycles. The molecular weight excluding hydrogens is 290 g/mol. The molecule has 0 aromatic heterocycles. The molecular formula is C18H23N3O2. The molecule has 1 atom stereocenters. The van der Waals surface area contributed by atoms with Crippen molar-refractivity contribution in [2.45, 2.75) is 31.7 Å². The summed E-state index contributed by atoms with van der Waals surface area (Å²) < 4.78 is 0. The second-order valence-electron chi connectivity index (χ2n) is 6.13. The fourth-order valence-electron chi connectivity index (χ4n) is 3.24. The number of anilines is 2. The van der Waals surface area contributed by atoms with Crippen molar-refractivity contribution >= 4 is 23.2 Å². The molecule has 3 rings (SSSR count). The van der Waals surface area contributed by atoms with Gasteiger partial charge in [0.15, 0.2) is 0 Å². The number of rotatable bonds is 5. The fourth-order valence-corrected chi connectivity index (χ4v) is 3.24. The number of carbonyl (C=O) groups is 2. The van der Waals surface area contributed by atoms with Crippen LogP contribution in [0.4, 0.5) is 11.4 Å². The average Bonchev–Trinajstić information content (AvgIpc) is 2.84. The molecule has 122 valence electrons. The molecule has 0 bridgehead atoms. The Kier molecular flexibility index (Phi) is 4.65. The van der Waals surface area contributed by atoms with Gasteiger partial charge in [0, 0.05) is 31.0 Å². The van der Waals surface area contributed by atoms with Crippen molar-refractivity contribution in [1.29, 1.82) is 0 Å². The van der Waals surface area contributed by atoms with E-state index in [9.17, 15) is 9.59 Å². The van der Waals surface area contributed by atoms with Gasteiger partial charge in [-0.15, -0.1) is 6.58 Å². The Morgan fingerprint density at radius 1 is 1.13 bits per heavy atom. The van der Waals surface area contributed by atoms with Gasteiger partial charge in [0.05, 0.1) is 6.42 Å². The first-order valence-electron chi connectivity index (χ1n) is 8.25. The van der Waals surface area contributed by atoms with Gasteiger partial charge in [0.2, 0.25) is 5.91 Å². The molecule has 2 heterocycles. The highest BCUT2D eigenvalue weighted by atomic mass is 16.2. The number of amides is 2. The van der Waals surface area contributed by atoms with Gasteiger partial charge in [0.1, 0.15) is 6.04 Å². The molecule has 2 aliphatic rings. The Balaban J connectivity index is 1.63. The summed E-state index contributed by atoms with van der Waals surface area (Å²) in [7, 11) is 0. The number of benzene rings is 1. The molecule has 0 aliphatic carbocycles. The van der Waals surface area contributed by atoms with Crippen molar-refractivity contribution in [2.24, 2.45) is 0 Å². The standard InChI is InChI=1S/C18H23N3O2/c1-2-10-21-17(22)13-16(18(21)23)19-14-6-8-15(9-7-14)20-11-4-3-5-12-20/h2,6-9,16,19H,1,3-5,10-13H2. The lowest BCUT2D eigenvalue weighted by atomic mass is 10.1. The van der Waals surface area contributed by atoms with Crippen molar-refractivity contribution in [2.75, 3.05) is 29.9 Å². The zero-order valence-corrected chi connectivity index (χ0v) is 13.3. The molecule has 2 amide bonds. The number of imide groups is 1. The molecule has 1 aromatic rings. The van der Waals surface area contributed by atoms with E-state index < -0.39 is 6.04 Å². The summed E-state index contributed by atoms with van der Waals surface area (Å²) in [6.45, 7) is 6.09. The molecule has 0 radical (unpaired) electrons. The highest BCUT2D eigenvalue weighted by Gasteiger charge is 2.37. The van der Waals surface area contributed by atoms with E-state index in [1.807, 2.05) is 12.1 Å². The number of carbonyl (C=O) groups excluding carboxylic acids is 2. The van der Waals surface area contributed by atoms with Crippen LogP contribution >= 0.6 is 0 Å². The highest BCUT2D eigenvalue weighted by Crippen LogP contribution is 2.23. The molecule has 1 N–H and O–H groups in total. The van der Waals surface area contributed by atoms with Crippen LogP contribution in [0.5, 0.6) is 0 Å². The van der Waals surface area contributed by atoms with Crippen LogP contribution < -0.4 is 10.2 Å². The SMILES string of the molecule is C=CCN1C(=O)CC(Nc2ccc(N3CCCCC3)cc2)C1=O. The highest BCUT2D eigenvalue weighted by molar-refractivity contribution is 6.06. The minimum atomic E-state index is -0.469. The zero-order chi connectivity index (χ0) is 16.2. The van der Waals surface area contributed by atoms with Crippen LogP contribution in [0.1, 0.15) is 25.7 Å². The first-order chi connectivity index (χ1) is 11.2. The predicted octanol–water partition coefficient (Wildman–Crippen LogP) is 2.40. The Hall–Kier alpha value is -2.30. The van der Waals surface area contributed by atoms with Crippen LogP contribution in [0.25, 0.3) is 0 Å². The van der Waals surface area contributed by atoms with E-state index in [0.29, 0.717) is 0 Å². The van der Waals surface area contributed by atoms with Crippen molar-refractivity contribution in [1.82, 2.24) is 4.90 Å². The summed E-state index contributed by atoms with van der Waals surface area (Å²) in [6, 6.07) is 7.66. The maximum atomic E-state index is 12.2. The van der Waals surface area contributed by atoms with Crippen molar-refractivity contribution in [3.05, 3.63) is 36.9 Å². The smallest absolute Gasteiger partial charge is 0.252 e. The van der Waals surface area contributed by atoms with Crippen molar-refractivity contribution in [3.8, 4) is 0 Å². The second-order valence-corrected chi connectivity index (χ2v) is 6.13. The molecule has 1 aromatic carbocycles. The molecule has 2 saturated heterocycles. The van der Waals surface area contributed by atoms with Crippen molar-refractivity contribution < 1.29 is 9.59 Å². The normalized spacial score (nSPS) is 21.7. The van der Waals surface area contributed by atoms with Crippen LogP contribution in [-0.4, -0.2) is 42.4 Å². The lowest BCUT2D eigenvalue weighted by molar-refractivity contribution is -0.137. The Morgan fingerprint density at radius 2 is 1.83 bits per heavy atom. The quantitative estimate of drug-likeness (QED) is 0.670. The minimum absolute atomic E-state index is 0.141. The third-order valence-electron chi connectivity index (χ3n) is 4.49. The molecule has 0 saturated carbocycles. The largest absolute Gasteiger partial charge is 0.373 e. The van der Waals surface area contributed by atoms with E-state index in [2.05, 4.69) is 28.9 Å². The third-order valence-corrected chi connectivity index (χ3v) is 4.49. The van der Waals surface area contributed by atoms with Gasteiger partial charge in [-0.3, -0.25) is 14.5 Å². The molecule has 2 fully saturated rings. The van der Waals surface area contributed by atoms with Crippen LogP contribution in [0, 0.1) is 0 Å². The maximum Gasteiger partial charge on any atom is 0.252 e.